The van der Waals surface area contributed by atoms with Gasteiger partial charge < -0.3 is 15.2 Å². The Balaban J connectivity index is 2.78. The van der Waals surface area contributed by atoms with E-state index in [1.165, 1.54) is 0 Å². The number of benzene rings is 1. The van der Waals surface area contributed by atoms with E-state index in [4.69, 9.17) is 15.2 Å². The molecule has 0 spiro atoms. The highest BCUT2D eigenvalue weighted by Gasteiger charge is 2.20. The van der Waals surface area contributed by atoms with Crippen LogP contribution in [-0.4, -0.2) is 37.9 Å². The molecule has 0 unspecified atom stereocenters. The molecular formula is C23H37N3O4. The number of hydrogen-bond donors (Lipinski definition) is 2. The maximum atomic E-state index is 12.6. The highest BCUT2D eigenvalue weighted by atomic mass is 16.5. The Morgan fingerprint density at radius 3 is 2.37 bits per heavy atom. The van der Waals surface area contributed by atoms with Crippen LogP contribution < -0.4 is 20.5 Å². The number of nitrogens with zero attached hydrogens (tertiary/aromatic N) is 1. The van der Waals surface area contributed by atoms with Crippen LogP contribution in [0, 0.1) is 11.8 Å². The molecule has 7 nitrogen and oxygen atoms in total. The lowest BCUT2D eigenvalue weighted by Gasteiger charge is -2.16. The zero-order valence-corrected chi connectivity index (χ0v) is 19.2. The molecule has 7 heteroatoms. The lowest BCUT2D eigenvalue weighted by atomic mass is 9.94. The van der Waals surface area contributed by atoms with E-state index in [0.29, 0.717) is 36.2 Å². The predicted molar refractivity (Wildman–Crippen MR) is 120 cm³/mol. The molecule has 0 heterocycles. The maximum Gasteiger partial charge on any atom is 0.231 e. The topological polar surface area (TPSA) is 103 Å². The number of nitrogens with two attached hydrogens (primary N) is 1. The first-order chi connectivity index (χ1) is 14.2. The van der Waals surface area contributed by atoms with Crippen LogP contribution in [0.15, 0.2) is 23.2 Å². The number of hydrogen-bond acceptors (Lipinski definition) is 5. The van der Waals surface area contributed by atoms with E-state index in [1.807, 2.05) is 13.8 Å². The van der Waals surface area contributed by atoms with Crippen LogP contribution in [-0.2, 0) is 16.0 Å². The van der Waals surface area contributed by atoms with Crippen LogP contribution in [0.25, 0.3) is 0 Å². The van der Waals surface area contributed by atoms with Crippen LogP contribution in [0.5, 0.6) is 11.5 Å². The van der Waals surface area contributed by atoms with Gasteiger partial charge in [0, 0.05) is 6.42 Å². The second-order valence-electron chi connectivity index (χ2n) is 8.09. The van der Waals surface area contributed by atoms with Gasteiger partial charge in [-0.15, -0.1) is 0 Å². The summed E-state index contributed by atoms with van der Waals surface area (Å²) in [4.78, 5) is 29.3. The summed E-state index contributed by atoms with van der Waals surface area (Å²) in [6.45, 7) is 8.33. The zero-order valence-electron chi connectivity index (χ0n) is 19.2. The zero-order chi connectivity index (χ0) is 22.7. The van der Waals surface area contributed by atoms with Gasteiger partial charge >= 0.3 is 0 Å². The molecule has 0 radical (unpaired) electrons. The average Bonchev–Trinajstić information content (AvgIpc) is 2.70. The van der Waals surface area contributed by atoms with Gasteiger partial charge in [-0.1, -0.05) is 40.2 Å². The Kier molecular flexibility index (Phi) is 10.9. The Labute approximate surface area is 180 Å². The van der Waals surface area contributed by atoms with Crippen molar-refractivity contribution in [1.29, 1.82) is 0 Å². The number of carbonyl (C=O) groups is 2. The van der Waals surface area contributed by atoms with Gasteiger partial charge in [-0.2, -0.15) is 0 Å². The maximum absolute atomic E-state index is 12.6. The molecule has 0 aliphatic rings. The summed E-state index contributed by atoms with van der Waals surface area (Å²) in [6, 6.07) is 4.74. The largest absolute Gasteiger partial charge is 0.493 e. The predicted octanol–water partition coefficient (Wildman–Crippen LogP) is 3.49. The number of amides is 1. The van der Waals surface area contributed by atoms with E-state index >= 15 is 0 Å². The number of nitrogens with one attached hydrogen (secondary N) is 1. The van der Waals surface area contributed by atoms with E-state index in [0.717, 1.165) is 18.4 Å². The van der Waals surface area contributed by atoms with Gasteiger partial charge in [0.05, 0.1) is 20.6 Å². The Bertz CT molecular complexity index is 731. The monoisotopic (exact) mass is 419 g/mol. The summed E-state index contributed by atoms with van der Waals surface area (Å²) in [6.07, 6.45) is 3.06. The molecule has 3 N–H and O–H groups in total. The molecular weight excluding hydrogens is 382 g/mol. The lowest BCUT2D eigenvalue weighted by molar-refractivity contribution is -0.121. The van der Waals surface area contributed by atoms with E-state index in [-0.39, 0.29) is 24.1 Å². The first-order valence-corrected chi connectivity index (χ1v) is 10.6. The molecule has 0 saturated heterocycles. The van der Waals surface area contributed by atoms with Crippen LogP contribution >= 0.6 is 0 Å². The number of carbonyl (C=O) groups excluding carboxylic acids is 2. The van der Waals surface area contributed by atoms with Crippen molar-refractivity contribution in [3.63, 3.8) is 0 Å². The molecule has 1 rings (SSSR count). The minimum Gasteiger partial charge on any atom is -0.493 e. The van der Waals surface area contributed by atoms with E-state index in [1.54, 1.807) is 32.4 Å². The van der Waals surface area contributed by atoms with Crippen molar-refractivity contribution >= 4 is 17.6 Å². The number of aliphatic imine (C=N–C) groups is 1. The molecule has 0 bridgehead atoms. The van der Waals surface area contributed by atoms with Gasteiger partial charge in [-0.3, -0.25) is 14.9 Å². The summed E-state index contributed by atoms with van der Waals surface area (Å²) in [5.41, 5.74) is 6.70. The summed E-state index contributed by atoms with van der Waals surface area (Å²) in [7, 11) is 3.10. The summed E-state index contributed by atoms with van der Waals surface area (Å²) in [5.74, 6) is 1.67. The van der Waals surface area contributed by atoms with Gasteiger partial charge in [-0.05, 0) is 42.4 Å². The van der Waals surface area contributed by atoms with E-state index < -0.39 is 6.04 Å². The fourth-order valence-electron chi connectivity index (χ4n) is 3.03. The highest BCUT2D eigenvalue weighted by Crippen LogP contribution is 2.27. The quantitative estimate of drug-likeness (QED) is 0.399. The van der Waals surface area contributed by atoms with Crippen molar-refractivity contribution in [2.75, 3.05) is 14.2 Å². The second-order valence-corrected chi connectivity index (χ2v) is 8.09. The summed E-state index contributed by atoms with van der Waals surface area (Å²) < 4.78 is 10.5. The van der Waals surface area contributed by atoms with Gasteiger partial charge in [-0.25, -0.2) is 4.99 Å². The molecule has 0 aliphatic heterocycles. The van der Waals surface area contributed by atoms with Crippen molar-refractivity contribution in [2.45, 2.75) is 65.8 Å². The molecule has 0 fully saturated rings. The molecule has 2 atom stereocenters. The van der Waals surface area contributed by atoms with Gasteiger partial charge in [0.15, 0.2) is 23.2 Å². The van der Waals surface area contributed by atoms with Crippen LogP contribution in [0.2, 0.25) is 0 Å². The highest BCUT2D eigenvalue weighted by molar-refractivity contribution is 5.98. The standard InChI is InChI=1S/C23H37N3O4/c1-7-16(4)8-10-19(27)18(12-15(2)3)25-23(24)26-22(28)14-17-9-11-20(29-5)21(13-17)30-6/h9,11,13,15-16,18H,7-8,10,12,14H2,1-6H3,(H3,24,25,26,28)/t16-,18+/m0/s1. The van der Waals surface area contributed by atoms with Crippen LogP contribution in [0.3, 0.4) is 0 Å². The Morgan fingerprint density at radius 1 is 1.13 bits per heavy atom. The Hall–Kier alpha value is -2.57. The molecule has 1 aromatic carbocycles. The molecule has 0 saturated carbocycles. The number of guanidine groups is 1. The second kappa shape index (κ2) is 12.9. The molecule has 168 valence electrons. The number of methoxy groups -OCH3 is 2. The molecule has 1 aromatic rings. The average molecular weight is 420 g/mol. The third-order valence-corrected chi connectivity index (χ3v) is 5.02. The first-order valence-electron chi connectivity index (χ1n) is 10.6. The molecule has 1 amide bonds. The number of Topliss-reactive ketones (excluding diaryl/α,β-unsaturated/α-hetero) is 1. The van der Waals surface area contributed by atoms with Crippen LogP contribution in [0.4, 0.5) is 0 Å². The van der Waals surface area contributed by atoms with Crippen molar-refractivity contribution in [1.82, 2.24) is 5.32 Å². The fourth-order valence-corrected chi connectivity index (χ4v) is 3.03. The third kappa shape index (κ3) is 8.84. The summed E-state index contributed by atoms with van der Waals surface area (Å²) >= 11 is 0. The number of rotatable bonds is 12. The fraction of sp³-hybridized carbons (Fsp3) is 0.609. The normalized spacial score (nSPS) is 13.6. The van der Waals surface area contributed by atoms with Gasteiger partial charge in [0.2, 0.25) is 5.91 Å². The molecule has 0 aromatic heterocycles. The lowest BCUT2D eigenvalue weighted by Crippen LogP contribution is -2.39. The first kappa shape index (κ1) is 25.5. The van der Waals surface area contributed by atoms with Gasteiger partial charge in [0.25, 0.3) is 0 Å². The van der Waals surface area contributed by atoms with Crippen molar-refractivity contribution in [2.24, 2.45) is 22.6 Å². The van der Waals surface area contributed by atoms with E-state index in [9.17, 15) is 9.59 Å². The van der Waals surface area contributed by atoms with Gasteiger partial charge in [0.1, 0.15) is 6.04 Å². The van der Waals surface area contributed by atoms with Crippen molar-refractivity contribution in [3.8, 4) is 11.5 Å². The Morgan fingerprint density at radius 2 is 1.80 bits per heavy atom. The number of ether oxygens (including phenoxy) is 2. The minimum atomic E-state index is -0.532. The minimum absolute atomic E-state index is 0.0250. The molecule has 0 aliphatic carbocycles. The van der Waals surface area contributed by atoms with Crippen molar-refractivity contribution < 1.29 is 19.1 Å². The third-order valence-electron chi connectivity index (χ3n) is 5.02. The summed E-state index contributed by atoms with van der Waals surface area (Å²) in [5, 5.41) is 2.59. The number of ketones is 1. The van der Waals surface area contributed by atoms with Crippen molar-refractivity contribution in [3.05, 3.63) is 23.8 Å². The smallest absolute Gasteiger partial charge is 0.231 e. The van der Waals surface area contributed by atoms with E-state index in [2.05, 4.69) is 24.2 Å². The molecule has 30 heavy (non-hydrogen) atoms. The van der Waals surface area contributed by atoms with Crippen LogP contribution in [0.1, 0.15) is 58.9 Å². The SMILES string of the molecule is CC[C@H](C)CCC(=O)[C@@H](CC(C)C)N=C(N)NC(=O)Cc1ccc(OC)c(OC)c1.